The van der Waals surface area contributed by atoms with E-state index in [9.17, 15) is 4.79 Å². The Kier molecular flexibility index (Phi) is 4.21. The van der Waals surface area contributed by atoms with E-state index in [1.54, 1.807) is 12.1 Å². The number of hydrogen-bond acceptors (Lipinski definition) is 4. The second-order valence-corrected chi connectivity index (χ2v) is 3.39. The molecule has 0 aromatic heterocycles. The monoisotopic (exact) mass is 234 g/mol. The third-order valence-electron chi connectivity index (χ3n) is 1.90. The van der Waals surface area contributed by atoms with Crippen LogP contribution in [0.5, 0.6) is 0 Å². The fourth-order valence-electron chi connectivity index (χ4n) is 1.29. The Bertz CT molecular complexity index is 476. The Hall–Kier alpha value is -2.37. The normalized spacial score (nSPS) is 10.2. The fourth-order valence-corrected chi connectivity index (χ4v) is 1.29. The average molecular weight is 234 g/mol. The van der Waals surface area contributed by atoms with Gasteiger partial charge < -0.3 is 16.2 Å². The number of rotatable bonds is 3. The van der Waals surface area contributed by atoms with Crippen molar-refractivity contribution in [1.82, 2.24) is 0 Å². The number of benzene rings is 1. The molecule has 6 heteroatoms. The molecule has 0 atom stereocenters. The molecular weight excluding hydrogens is 220 g/mol. The number of carbonyl (C=O) groups excluding carboxylic acids is 1. The SMILES string of the molecule is COC(=O)c1cc(C)cc(C=NN=C(N)N)c1. The molecule has 0 aliphatic rings. The molecule has 0 bridgehead atoms. The summed E-state index contributed by atoms with van der Waals surface area (Å²) in [6.07, 6.45) is 1.46. The zero-order valence-corrected chi connectivity index (χ0v) is 9.68. The number of methoxy groups -OCH3 is 1. The van der Waals surface area contributed by atoms with Crippen LogP contribution in [0.4, 0.5) is 0 Å². The topological polar surface area (TPSA) is 103 Å². The van der Waals surface area contributed by atoms with Gasteiger partial charge in [0.15, 0.2) is 0 Å². The average Bonchev–Trinajstić information content (AvgIpc) is 2.26. The van der Waals surface area contributed by atoms with Gasteiger partial charge in [-0.1, -0.05) is 6.07 Å². The zero-order valence-electron chi connectivity index (χ0n) is 9.68. The Morgan fingerprint density at radius 1 is 1.35 bits per heavy atom. The largest absolute Gasteiger partial charge is 0.465 e. The van der Waals surface area contributed by atoms with Crippen LogP contribution in [0.15, 0.2) is 28.4 Å². The minimum atomic E-state index is -0.398. The van der Waals surface area contributed by atoms with E-state index < -0.39 is 5.97 Å². The minimum Gasteiger partial charge on any atom is -0.465 e. The number of nitrogens with zero attached hydrogens (tertiary/aromatic N) is 2. The van der Waals surface area contributed by atoms with E-state index in [2.05, 4.69) is 14.9 Å². The first-order valence-electron chi connectivity index (χ1n) is 4.85. The van der Waals surface area contributed by atoms with E-state index in [1.165, 1.54) is 13.3 Å². The van der Waals surface area contributed by atoms with Crippen molar-refractivity contribution in [2.24, 2.45) is 21.7 Å². The summed E-state index contributed by atoms with van der Waals surface area (Å²) in [4.78, 5) is 11.4. The molecule has 4 N–H and O–H groups in total. The standard InChI is InChI=1S/C11H14N4O2/c1-7-3-8(6-14-15-11(12)13)5-9(4-7)10(16)17-2/h3-6H,1-2H3,(H4,12,13,15). The highest BCUT2D eigenvalue weighted by Gasteiger charge is 2.06. The first-order valence-corrected chi connectivity index (χ1v) is 4.85. The summed E-state index contributed by atoms with van der Waals surface area (Å²) in [6, 6.07) is 5.21. The third-order valence-corrected chi connectivity index (χ3v) is 1.90. The summed E-state index contributed by atoms with van der Waals surface area (Å²) in [5.41, 5.74) is 12.3. The van der Waals surface area contributed by atoms with Crippen LogP contribution in [0.25, 0.3) is 0 Å². The van der Waals surface area contributed by atoms with Crippen molar-refractivity contribution in [3.8, 4) is 0 Å². The van der Waals surface area contributed by atoms with Crippen LogP contribution in [0.3, 0.4) is 0 Å². The van der Waals surface area contributed by atoms with E-state index in [0.29, 0.717) is 5.56 Å². The number of aryl methyl sites for hydroxylation is 1. The molecule has 6 nitrogen and oxygen atoms in total. The molecule has 1 aromatic rings. The van der Waals surface area contributed by atoms with Crippen LogP contribution < -0.4 is 11.5 Å². The highest BCUT2D eigenvalue weighted by Crippen LogP contribution is 2.09. The van der Waals surface area contributed by atoms with Crippen LogP contribution in [0, 0.1) is 6.92 Å². The van der Waals surface area contributed by atoms with Crippen molar-refractivity contribution >= 4 is 18.1 Å². The maximum atomic E-state index is 11.4. The van der Waals surface area contributed by atoms with E-state index in [1.807, 2.05) is 13.0 Å². The van der Waals surface area contributed by atoms with Gasteiger partial charge in [0.1, 0.15) is 0 Å². The van der Waals surface area contributed by atoms with Gasteiger partial charge in [-0.05, 0) is 30.2 Å². The number of nitrogens with two attached hydrogens (primary N) is 2. The molecule has 0 aliphatic heterocycles. The molecule has 0 heterocycles. The highest BCUT2D eigenvalue weighted by atomic mass is 16.5. The lowest BCUT2D eigenvalue weighted by Gasteiger charge is -2.02. The van der Waals surface area contributed by atoms with Crippen LogP contribution in [0.1, 0.15) is 21.5 Å². The van der Waals surface area contributed by atoms with Crippen molar-refractivity contribution in [2.45, 2.75) is 6.92 Å². The number of ether oxygens (including phenoxy) is 1. The number of hydrogen-bond donors (Lipinski definition) is 2. The Balaban J connectivity index is 3.01. The molecule has 0 saturated heterocycles. The summed E-state index contributed by atoms with van der Waals surface area (Å²) >= 11 is 0. The number of esters is 1. The third kappa shape index (κ3) is 3.94. The lowest BCUT2D eigenvalue weighted by Crippen LogP contribution is -2.21. The molecule has 1 rings (SSSR count). The second kappa shape index (κ2) is 5.64. The molecule has 0 amide bonds. The molecule has 90 valence electrons. The van der Waals surface area contributed by atoms with Crippen molar-refractivity contribution in [3.63, 3.8) is 0 Å². The molecule has 0 aliphatic carbocycles. The van der Waals surface area contributed by atoms with E-state index in [-0.39, 0.29) is 5.96 Å². The van der Waals surface area contributed by atoms with E-state index in [4.69, 9.17) is 11.5 Å². The van der Waals surface area contributed by atoms with Crippen molar-refractivity contribution in [3.05, 3.63) is 34.9 Å². The lowest BCUT2D eigenvalue weighted by atomic mass is 10.1. The molecule has 0 radical (unpaired) electrons. The zero-order chi connectivity index (χ0) is 12.8. The summed E-state index contributed by atoms with van der Waals surface area (Å²) in [6.45, 7) is 1.87. The first kappa shape index (κ1) is 12.7. The Morgan fingerprint density at radius 2 is 2.06 bits per heavy atom. The second-order valence-electron chi connectivity index (χ2n) is 3.39. The van der Waals surface area contributed by atoms with Gasteiger partial charge in [-0.15, -0.1) is 5.10 Å². The van der Waals surface area contributed by atoms with E-state index in [0.717, 1.165) is 11.1 Å². The lowest BCUT2D eigenvalue weighted by molar-refractivity contribution is 0.0600. The molecular formula is C11H14N4O2. The quantitative estimate of drug-likeness (QED) is 0.341. The molecule has 1 aromatic carbocycles. The van der Waals surface area contributed by atoms with Gasteiger partial charge in [-0.25, -0.2) is 4.79 Å². The Morgan fingerprint density at radius 3 is 2.65 bits per heavy atom. The van der Waals surface area contributed by atoms with Crippen LogP contribution in [-0.4, -0.2) is 25.3 Å². The predicted octanol–water partition coefficient (Wildman–Crippen LogP) is 0.389. The van der Waals surface area contributed by atoms with Crippen molar-refractivity contribution in [1.29, 1.82) is 0 Å². The summed E-state index contributed by atoms with van der Waals surface area (Å²) in [7, 11) is 1.33. The molecule has 0 spiro atoms. The van der Waals surface area contributed by atoms with Gasteiger partial charge in [-0.3, -0.25) is 0 Å². The Labute approximate surface area is 99.0 Å². The highest BCUT2D eigenvalue weighted by molar-refractivity contribution is 5.92. The van der Waals surface area contributed by atoms with Crippen LogP contribution in [-0.2, 0) is 4.74 Å². The van der Waals surface area contributed by atoms with Crippen molar-refractivity contribution < 1.29 is 9.53 Å². The summed E-state index contributed by atoms with van der Waals surface area (Å²) < 4.78 is 4.64. The van der Waals surface area contributed by atoms with Gasteiger partial charge in [0.25, 0.3) is 0 Å². The fraction of sp³-hybridized carbons (Fsp3) is 0.182. The molecule has 17 heavy (non-hydrogen) atoms. The van der Waals surface area contributed by atoms with Gasteiger partial charge in [-0.2, -0.15) is 5.10 Å². The number of carbonyl (C=O) groups is 1. The van der Waals surface area contributed by atoms with Crippen LogP contribution >= 0.6 is 0 Å². The summed E-state index contributed by atoms with van der Waals surface area (Å²) in [5, 5.41) is 7.14. The predicted molar refractivity (Wildman–Crippen MR) is 65.9 cm³/mol. The van der Waals surface area contributed by atoms with Gasteiger partial charge in [0, 0.05) is 0 Å². The van der Waals surface area contributed by atoms with E-state index >= 15 is 0 Å². The summed E-state index contributed by atoms with van der Waals surface area (Å²) in [5.74, 6) is -0.521. The smallest absolute Gasteiger partial charge is 0.337 e. The number of guanidine groups is 1. The van der Waals surface area contributed by atoms with Crippen LogP contribution in [0.2, 0.25) is 0 Å². The maximum Gasteiger partial charge on any atom is 0.337 e. The molecule has 0 unspecified atom stereocenters. The van der Waals surface area contributed by atoms with Gasteiger partial charge in [0.05, 0.1) is 18.9 Å². The minimum absolute atomic E-state index is 0.123. The maximum absolute atomic E-state index is 11.4. The van der Waals surface area contributed by atoms with Gasteiger partial charge >= 0.3 is 5.97 Å². The van der Waals surface area contributed by atoms with Gasteiger partial charge in [0.2, 0.25) is 5.96 Å². The molecule has 0 fully saturated rings. The molecule has 0 saturated carbocycles. The van der Waals surface area contributed by atoms with Crippen molar-refractivity contribution in [2.75, 3.05) is 7.11 Å². The first-order chi connectivity index (χ1) is 8.02.